The quantitative estimate of drug-likeness (QED) is 0.281. The fourth-order valence-corrected chi connectivity index (χ4v) is 0. The first-order chi connectivity index (χ1) is 1.73. The molecule has 0 unspecified atom stereocenters. The van der Waals surface area contributed by atoms with Gasteiger partial charge in [0.15, 0.2) is 0 Å². The minimum absolute atomic E-state index is 0. The molecule has 0 aliphatic rings. The van der Waals surface area contributed by atoms with Crippen LogP contribution in [0.2, 0.25) is 0 Å². The molecular weight excluding hydrogens is 114 g/mol. The minimum atomic E-state index is -2.17. The van der Waals surface area contributed by atoms with Crippen LogP contribution in [0, 0.1) is 0 Å². The molecule has 0 aromatic heterocycles. The molecule has 0 bridgehead atoms. The second kappa shape index (κ2) is 15.8. The monoisotopic (exact) mass is 122 g/mol. The van der Waals surface area contributed by atoms with Gasteiger partial charge in [0, 0.05) is 0 Å². The van der Waals surface area contributed by atoms with Gasteiger partial charge >= 0.3 is 36.9 Å². The van der Waals surface area contributed by atoms with Gasteiger partial charge in [0.1, 0.15) is 0 Å². The van der Waals surface area contributed by atoms with Gasteiger partial charge in [0.25, 0.3) is 0 Å². The van der Waals surface area contributed by atoms with Crippen LogP contribution < -0.4 is 0 Å². The first-order valence-corrected chi connectivity index (χ1v) is 0.775. The Morgan fingerprint density at radius 2 is 0.857 bits per heavy atom. The summed E-state index contributed by atoms with van der Waals surface area (Å²) < 4.78 is 0. The first-order valence-electron chi connectivity index (χ1n) is 0.775. The van der Waals surface area contributed by atoms with Crippen LogP contribution in [0.4, 0.5) is 0 Å². The van der Waals surface area contributed by atoms with E-state index in [0.717, 1.165) is 0 Å². The van der Waals surface area contributed by atoms with Crippen molar-refractivity contribution < 1.29 is 26.0 Å². The second-order valence-electron chi connectivity index (χ2n) is 0.346. The Balaban J connectivity index is -0.0000000150. The Kier molecular flexibility index (Phi) is 56.0. The van der Waals surface area contributed by atoms with Gasteiger partial charge in [-0.2, -0.15) is 0 Å². The number of rotatable bonds is 0. The topological polar surface area (TPSA) is 124 Å². The van der Waals surface area contributed by atoms with Crippen molar-refractivity contribution >= 4 is 36.9 Å². The summed E-state index contributed by atoms with van der Waals surface area (Å²) in [6.07, 6.45) is 0. The number of hydrogen-bond donors (Lipinski definition) is 3. The Morgan fingerprint density at radius 3 is 0.857 bits per heavy atom. The number of hydrogen-bond acceptors (Lipinski definition) is 3. The summed E-state index contributed by atoms with van der Waals surface area (Å²) in [6, 6.07) is 0. The molecule has 7 heavy (non-hydrogen) atoms. The molecule has 5 nitrogen and oxygen atoms in total. The predicted molar refractivity (Wildman–Crippen MR) is 26.8 cm³/mol. The maximum absolute atomic E-state index is 7.17. The molecule has 7 heteroatoms. The van der Waals surface area contributed by atoms with Crippen LogP contribution in [-0.2, 0) is 0 Å². The normalized spacial score (nSPS) is 3.86. The van der Waals surface area contributed by atoms with Crippen molar-refractivity contribution in [2.75, 3.05) is 0 Å². The van der Waals surface area contributed by atoms with Crippen LogP contribution in [0.15, 0.2) is 0 Å². The molecule has 0 atom stereocenters. The van der Waals surface area contributed by atoms with E-state index < -0.39 is 7.32 Å². The third kappa shape index (κ3) is 217. The van der Waals surface area contributed by atoms with Crippen molar-refractivity contribution in [2.45, 2.75) is 0 Å². The molecule has 0 fully saturated rings. The molecule has 0 aromatic rings. The predicted octanol–water partition coefficient (Wildman–Crippen LogP) is -4.35. The molecular formula is H8BNaO5. The Labute approximate surface area is 63.1 Å². The fraction of sp³-hybridized carbons (Fsp3) is 0. The molecule has 0 aliphatic carbocycles. The third-order valence-corrected chi connectivity index (χ3v) is 0. The molecule has 0 heterocycles. The van der Waals surface area contributed by atoms with Crippen LogP contribution in [0.1, 0.15) is 0 Å². The fourth-order valence-electron chi connectivity index (χ4n) is 0. The van der Waals surface area contributed by atoms with Gasteiger partial charge in [-0.3, -0.25) is 0 Å². The molecule has 0 aromatic carbocycles. The summed E-state index contributed by atoms with van der Waals surface area (Å²) in [6.45, 7) is 0. The van der Waals surface area contributed by atoms with Crippen molar-refractivity contribution in [3.63, 3.8) is 0 Å². The van der Waals surface area contributed by atoms with E-state index in [0.29, 0.717) is 0 Å². The van der Waals surface area contributed by atoms with Gasteiger partial charge in [0.2, 0.25) is 0 Å². The Bertz CT molecular complexity index is 12.8. The zero-order chi connectivity index (χ0) is 3.58. The van der Waals surface area contributed by atoms with Crippen LogP contribution in [-0.4, -0.2) is 62.9 Å². The van der Waals surface area contributed by atoms with Crippen LogP contribution in [0.25, 0.3) is 0 Å². The zero-order valence-corrected chi connectivity index (χ0v) is 2.92. The molecule has 7 N–H and O–H groups in total. The summed E-state index contributed by atoms with van der Waals surface area (Å²) in [7, 11) is -2.17. The van der Waals surface area contributed by atoms with Crippen molar-refractivity contribution in [3.05, 3.63) is 0 Å². The second-order valence-corrected chi connectivity index (χ2v) is 0.346. The van der Waals surface area contributed by atoms with Crippen LogP contribution in [0.5, 0.6) is 0 Å². The van der Waals surface area contributed by atoms with E-state index in [4.69, 9.17) is 15.1 Å². The average Bonchev–Trinajstić information content (AvgIpc) is 0.811. The van der Waals surface area contributed by atoms with E-state index in [1.165, 1.54) is 0 Å². The van der Waals surface area contributed by atoms with Crippen LogP contribution >= 0.6 is 0 Å². The molecule has 0 saturated carbocycles. The average molecular weight is 122 g/mol. The molecule has 0 rings (SSSR count). The van der Waals surface area contributed by atoms with E-state index in [2.05, 4.69) is 0 Å². The van der Waals surface area contributed by atoms with Crippen LogP contribution in [0.3, 0.4) is 0 Å². The summed E-state index contributed by atoms with van der Waals surface area (Å²) in [5.74, 6) is 0. The van der Waals surface area contributed by atoms with E-state index in [9.17, 15) is 0 Å². The summed E-state index contributed by atoms with van der Waals surface area (Å²) in [5.41, 5.74) is 0. The van der Waals surface area contributed by atoms with E-state index in [1.807, 2.05) is 0 Å². The Hall–Kier alpha value is 0.865. The zero-order valence-electron chi connectivity index (χ0n) is 2.92. The summed E-state index contributed by atoms with van der Waals surface area (Å²) in [4.78, 5) is 0. The van der Waals surface area contributed by atoms with Crippen molar-refractivity contribution in [3.8, 4) is 0 Å². The molecule has 0 amide bonds. The van der Waals surface area contributed by atoms with Gasteiger partial charge in [-0.15, -0.1) is 0 Å². The standard InChI is InChI=1S/BH3O3.Na.2H2O.H/c2-1(3)4;;;;/h2-4H;;2*1H2;. The van der Waals surface area contributed by atoms with Gasteiger partial charge < -0.3 is 26.0 Å². The molecule has 0 aliphatic heterocycles. The van der Waals surface area contributed by atoms with Gasteiger partial charge in [0.05, 0.1) is 0 Å². The molecule has 42 valence electrons. The molecule has 0 spiro atoms. The summed E-state index contributed by atoms with van der Waals surface area (Å²) >= 11 is 0. The van der Waals surface area contributed by atoms with Crippen molar-refractivity contribution in [1.82, 2.24) is 0 Å². The molecule has 0 radical (unpaired) electrons. The molecule has 0 saturated heterocycles. The first kappa shape index (κ1) is 24.8. The van der Waals surface area contributed by atoms with Crippen molar-refractivity contribution in [1.29, 1.82) is 0 Å². The van der Waals surface area contributed by atoms with Gasteiger partial charge in [-0.25, -0.2) is 0 Å². The SMILES string of the molecule is O.O.OB(O)O.[NaH]. The maximum atomic E-state index is 7.17. The van der Waals surface area contributed by atoms with Gasteiger partial charge in [-0.05, 0) is 0 Å². The van der Waals surface area contributed by atoms with E-state index in [-0.39, 0.29) is 40.5 Å². The van der Waals surface area contributed by atoms with E-state index in [1.54, 1.807) is 0 Å². The van der Waals surface area contributed by atoms with E-state index >= 15 is 0 Å². The Morgan fingerprint density at radius 1 is 0.857 bits per heavy atom. The van der Waals surface area contributed by atoms with Gasteiger partial charge in [-0.1, -0.05) is 0 Å². The third-order valence-electron chi connectivity index (χ3n) is 0. The van der Waals surface area contributed by atoms with Crippen molar-refractivity contribution in [2.24, 2.45) is 0 Å². The summed E-state index contributed by atoms with van der Waals surface area (Å²) in [5, 5.41) is 21.5.